The molecule has 176 valence electrons. The van der Waals surface area contributed by atoms with Crippen LogP contribution in [0.2, 0.25) is 0 Å². The Hall–Kier alpha value is -3.36. The van der Waals surface area contributed by atoms with Gasteiger partial charge in [0.05, 0.1) is 29.7 Å². The SMILES string of the molecule is Cc1cc(C)c(-c2csc(NC(=O)CN(Cc3nc4ccccc4c(=O)[nH]3)C(C)C)n2)c(C)c1. The lowest BCUT2D eigenvalue weighted by molar-refractivity contribution is -0.117. The molecule has 0 aliphatic rings. The third-order valence-electron chi connectivity index (χ3n) is 5.78. The average molecular weight is 476 g/mol. The molecule has 0 saturated heterocycles. The van der Waals surface area contributed by atoms with Crippen LogP contribution in [0.4, 0.5) is 5.13 Å². The van der Waals surface area contributed by atoms with Crippen LogP contribution in [0.5, 0.6) is 0 Å². The quantitative estimate of drug-likeness (QED) is 0.400. The maximum atomic E-state index is 12.8. The molecular weight excluding hydrogens is 446 g/mol. The number of H-pyrrole nitrogens is 1. The van der Waals surface area contributed by atoms with E-state index in [2.05, 4.69) is 53.2 Å². The summed E-state index contributed by atoms with van der Waals surface area (Å²) in [7, 11) is 0. The summed E-state index contributed by atoms with van der Waals surface area (Å²) < 4.78 is 0. The van der Waals surface area contributed by atoms with Crippen molar-refractivity contribution in [3.05, 3.63) is 74.6 Å². The van der Waals surface area contributed by atoms with Gasteiger partial charge in [-0.15, -0.1) is 11.3 Å². The first kappa shape index (κ1) is 23.8. The van der Waals surface area contributed by atoms with Crippen molar-refractivity contribution in [2.45, 2.75) is 47.2 Å². The molecule has 0 radical (unpaired) electrons. The zero-order valence-electron chi connectivity index (χ0n) is 20.1. The van der Waals surface area contributed by atoms with Gasteiger partial charge < -0.3 is 10.3 Å². The van der Waals surface area contributed by atoms with Crippen molar-refractivity contribution in [1.82, 2.24) is 19.9 Å². The lowest BCUT2D eigenvalue weighted by Gasteiger charge is -2.25. The normalized spacial score (nSPS) is 11.5. The number of hydrogen-bond acceptors (Lipinski definition) is 6. The average Bonchev–Trinajstić information content (AvgIpc) is 3.20. The van der Waals surface area contributed by atoms with Crippen LogP contribution < -0.4 is 10.9 Å². The third kappa shape index (κ3) is 5.24. The Morgan fingerprint density at radius 2 is 1.82 bits per heavy atom. The van der Waals surface area contributed by atoms with E-state index in [1.807, 2.05) is 42.3 Å². The minimum atomic E-state index is -0.175. The summed E-state index contributed by atoms with van der Waals surface area (Å²) in [4.78, 5) is 39.3. The van der Waals surface area contributed by atoms with Crippen LogP contribution in [-0.4, -0.2) is 38.3 Å². The number of amides is 1. The molecule has 8 heteroatoms. The molecule has 0 fully saturated rings. The molecule has 0 atom stereocenters. The monoisotopic (exact) mass is 475 g/mol. The summed E-state index contributed by atoms with van der Waals surface area (Å²) in [6.45, 7) is 10.8. The maximum Gasteiger partial charge on any atom is 0.258 e. The number of aryl methyl sites for hydroxylation is 3. The van der Waals surface area contributed by atoms with Crippen molar-refractivity contribution in [3.63, 3.8) is 0 Å². The lowest BCUT2D eigenvalue weighted by atomic mass is 9.98. The van der Waals surface area contributed by atoms with E-state index in [9.17, 15) is 9.59 Å². The fraction of sp³-hybridized carbons (Fsp3) is 0.308. The van der Waals surface area contributed by atoms with Crippen LogP contribution >= 0.6 is 11.3 Å². The summed E-state index contributed by atoms with van der Waals surface area (Å²) in [5.74, 6) is 0.377. The lowest BCUT2D eigenvalue weighted by Crippen LogP contribution is -2.38. The van der Waals surface area contributed by atoms with E-state index in [0.717, 1.165) is 11.3 Å². The van der Waals surface area contributed by atoms with Crippen molar-refractivity contribution in [2.24, 2.45) is 0 Å². The molecule has 2 aromatic carbocycles. The minimum absolute atomic E-state index is 0.0761. The predicted molar refractivity (Wildman–Crippen MR) is 138 cm³/mol. The van der Waals surface area contributed by atoms with Crippen LogP contribution in [0.25, 0.3) is 22.2 Å². The molecule has 0 aliphatic heterocycles. The van der Waals surface area contributed by atoms with E-state index in [0.29, 0.717) is 28.4 Å². The molecule has 4 aromatic rings. The number of aromatic nitrogens is 3. The Morgan fingerprint density at radius 1 is 1.12 bits per heavy atom. The van der Waals surface area contributed by atoms with Crippen molar-refractivity contribution < 1.29 is 4.79 Å². The first-order chi connectivity index (χ1) is 16.2. The number of benzene rings is 2. The summed E-state index contributed by atoms with van der Waals surface area (Å²) in [5, 5.41) is 6.03. The zero-order valence-corrected chi connectivity index (χ0v) is 20.9. The van der Waals surface area contributed by atoms with Crippen molar-refractivity contribution in [2.75, 3.05) is 11.9 Å². The number of carbonyl (C=O) groups excluding carboxylic acids is 1. The topological polar surface area (TPSA) is 91.0 Å². The molecular formula is C26H29N5O2S. The van der Waals surface area contributed by atoms with E-state index >= 15 is 0 Å². The van der Waals surface area contributed by atoms with Gasteiger partial charge in [-0.1, -0.05) is 29.8 Å². The third-order valence-corrected chi connectivity index (χ3v) is 6.53. The summed E-state index contributed by atoms with van der Waals surface area (Å²) in [6, 6.07) is 11.6. The second-order valence-electron chi connectivity index (χ2n) is 8.89. The highest BCUT2D eigenvalue weighted by molar-refractivity contribution is 7.14. The van der Waals surface area contributed by atoms with Crippen LogP contribution in [0.15, 0.2) is 46.6 Å². The smallest absolute Gasteiger partial charge is 0.258 e. The molecule has 2 heterocycles. The van der Waals surface area contributed by atoms with Gasteiger partial charge in [0.2, 0.25) is 5.91 Å². The standard InChI is InChI=1S/C26H29N5O2S/c1-15(2)31(12-22-27-20-9-7-6-8-19(20)25(33)29-22)13-23(32)30-26-28-21(14-34-26)24-17(4)10-16(3)11-18(24)5/h6-11,14-15H,12-13H2,1-5H3,(H,27,29,33)(H,28,30,32). The first-order valence-corrected chi connectivity index (χ1v) is 12.1. The summed E-state index contributed by atoms with van der Waals surface area (Å²) in [5.41, 5.74) is 6.01. The molecule has 2 N–H and O–H groups in total. The number of rotatable bonds is 7. The van der Waals surface area contributed by atoms with Gasteiger partial charge in [-0.2, -0.15) is 0 Å². The maximum absolute atomic E-state index is 12.8. The van der Waals surface area contributed by atoms with E-state index in [1.54, 1.807) is 6.07 Å². The number of hydrogen-bond donors (Lipinski definition) is 2. The Labute approximate surface area is 202 Å². The Bertz CT molecular complexity index is 1380. The second-order valence-corrected chi connectivity index (χ2v) is 9.75. The number of anilines is 1. The van der Waals surface area contributed by atoms with E-state index < -0.39 is 0 Å². The molecule has 0 saturated carbocycles. The molecule has 0 spiro atoms. The van der Waals surface area contributed by atoms with Crippen LogP contribution in [0.3, 0.4) is 0 Å². The fourth-order valence-electron chi connectivity index (χ4n) is 4.20. The largest absolute Gasteiger partial charge is 0.309 e. The molecule has 7 nitrogen and oxygen atoms in total. The van der Waals surface area contributed by atoms with Crippen LogP contribution in [0.1, 0.15) is 36.4 Å². The predicted octanol–water partition coefficient (Wildman–Crippen LogP) is 4.82. The van der Waals surface area contributed by atoms with Crippen LogP contribution in [-0.2, 0) is 11.3 Å². The molecule has 0 unspecified atom stereocenters. The van der Waals surface area contributed by atoms with Gasteiger partial charge in [0.25, 0.3) is 5.56 Å². The van der Waals surface area contributed by atoms with Crippen molar-refractivity contribution in [3.8, 4) is 11.3 Å². The highest BCUT2D eigenvalue weighted by Gasteiger charge is 2.18. The van der Waals surface area contributed by atoms with Crippen molar-refractivity contribution in [1.29, 1.82) is 0 Å². The molecule has 0 bridgehead atoms. The van der Waals surface area contributed by atoms with E-state index in [-0.39, 0.29) is 24.1 Å². The molecule has 1 amide bonds. The number of nitrogens with one attached hydrogen (secondary N) is 2. The van der Waals surface area contributed by atoms with E-state index in [1.165, 1.54) is 28.0 Å². The summed E-state index contributed by atoms with van der Waals surface area (Å²) >= 11 is 1.42. The number of thiazole rings is 1. The Morgan fingerprint density at radius 3 is 2.53 bits per heavy atom. The molecule has 2 aromatic heterocycles. The first-order valence-electron chi connectivity index (χ1n) is 11.3. The second kappa shape index (κ2) is 9.87. The van der Waals surface area contributed by atoms with Gasteiger partial charge in [0.15, 0.2) is 5.13 Å². The van der Waals surface area contributed by atoms with Crippen molar-refractivity contribution >= 4 is 33.3 Å². The van der Waals surface area contributed by atoms with Gasteiger partial charge in [-0.05, 0) is 57.9 Å². The Balaban J connectivity index is 1.47. The number of aromatic amines is 1. The zero-order chi connectivity index (χ0) is 24.4. The van der Waals surface area contributed by atoms with Gasteiger partial charge in [0, 0.05) is 17.0 Å². The highest BCUT2D eigenvalue weighted by atomic mass is 32.1. The summed E-state index contributed by atoms with van der Waals surface area (Å²) in [6.07, 6.45) is 0. The molecule has 4 rings (SSSR count). The van der Waals surface area contributed by atoms with Crippen LogP contribution in [0, 0.1) is 20.8 Å². The number of fused-ring (bicyclic) bond motifs is 1. The number of para-hydroxylation sites is 1. The van der Waals surface area contributed by atoms with Gasteiger partial charge in [0.1, 0.15) is 5.82 Å². The minimum Gasteiger partial charge on any atom is -0.309 e. The fourth-order valence-corrected chi connectivity index (χ4v) is 4.91. The van der Waals surface area contributed by atoms with Gasteiger partial charge in [-0.3, -0.25) is 14.5 Å². The Kier molecular flexibility index (Phi) is 6.90. The number of carbonyl (C=O) groups is 1. The van der Waals surface area contributed by atoms with Gasteiger partial charge in [-0.25, -0.2) is 9.97 Å². The number of nitrogens with zero attached hydrogens (tertiary/aromatic N) is 3. The van der Waals surface area contributed by atoms with Gasteiger partial charge >= 0.3 is 0 Å². The van der Waals surface area contributed by atoms with E-state index in [4.69, 9.17) is 0 Å². The highest BCUT2D eigenvalue weighted by Crippen LogP contribution is 2.31. The molecule has 0 aliphatic carbocycles. The molecule has 34 heavy (non-hydrogen) atoms.